The molecule has 0 unspecified atom stereocenters. The van der Waals surface area contributed by atoms with Crippen LogP contribution in [-0.4, -0.2) is 55.8 Å². The number of benzene rings is 3. The number of nitrogens with zero attached hydrogens (tertiary/aromatic N) is 20. The van der Waals surface area contributed by atoms with E-state index in [1.54, 1.807) is 24.4 Å². The average Bonchev–Trinajstić information content (AvgIpc) is 1.58. The van der Waals surface area contributed by atoms with Gasteiger partial charge in [-0.05, 0) is 139 Å². The molecule has 19 rings (SSSR count). The zero-order valence-electron chi connectivity index (χ0n) is 75.4. The van der Waals surface area contributed by atoms with Crippen molar-refractivity contribution >= 4 is 56.2 Å². The lowest BCUT2D eigenvalue weighted by Crippen LogP contribution is -2.40. The third-order valence-electron chi connectivity index (χ3n) is 22.1. The van der Waals surface area contributed by atoms with E-state index in [1.165, 1.54) is 17.0 Å². The Morgan fingerprint density at radius 1 is 0.304 bits per heavy atom. The summed E-state index contributed by atoms with van der Waals surface area (Å²) in [5.74, 6) is 3.33. The summed E-state index contributed by atoms with van der Waals surface area (Å²) >= 11 is 0. The fourth-order valence-corrected chi connectivity index (χ4v) is 16.0. The van der Waals surface area contributed by atoms with Crippen LogP contribution in [0.5, 0.6) is 0 Å². The number of aryl methyl sites for hydroxylation is 16. The van der Waals surface area contributed by atoms with Crippen molar-refractivity contribution in [2.24, 2.45) is 84.6 Å². The van der Waals surface area contributed by atoms with Gasteiger partial charge in [-0.2, -0.15) is 36.5 Å². The topological polar surface area (TPSA) is 120 Å². The summed E-state index contributed by atoms with van der Waals surface area (Å²) in [6.07, 6.45) is 14.3. The van der Waals surface area contributed by atoms with Crippen LogP contribution in [0.2, 0.25) is 0 Å². The van der Waals surface area contributed by atoms with E-state index in [4.69, 9.17) is 27.3 Å². The molecule has 0 N–H and O–H groups in total. The van der Waals surface area contributed by atoms with E-state index in [0.717, 1.165) is 147 Å². The van der Waals surface area contributed by atoms with Gasteiger partial charge in [-0.25, -0.2) is 19.9 Å². The van der Waals surface area contributed by atoms with Gasteiger partial charge in [0.1, 0.15) is 79.2 Å². The summed E-state index contributed by atoms with van der Waals surface area (Å²) in [6.45, 7) is 3.31. The third-order valence-corrected chi connectivity index (χ3v) is 22.1. The zero-order valence-corrected chi connectivity index (χ0v) is 66.4. The van der Waals surface area contributed by atoms with Crippen molar-refractivity contribution in [3.63, 3.8) is 0 Å². The Hall–Kier alpha value is -13.4. The molecule has 0 bridgehead atoms. The maximum Gasteiger partial charge on any atom is 0.277 e. The molecule has 0 saturated carbocycles. The fraction of sp³-hybridized carbons (Fsp3) is 0.217. The van der Waals surface area contributed by atoms with E-state index < -0.39 is 20.6 Å². The van der Waals surface area contributed by atoms with Crippen molar-refractivity contribution in [1.29, 1.82) is 0 Å². The molecule has 20 nitrogen and oxygen atoms in total. The Morgan fingerprint density at radius 2 is 0.741 bits per heavy atom. The van der Waals surface area contributed by atoms with Crippen LogP contribution in [0.1, 0.15) is 57.2 Å². The first kappa shape index (κ1) is 62.5. The van der Waals surface area contributed by atoms with Crippen LogP contribution < -0.4 is 36.5 Å². The maximum atomic E-state index is 7.96. The predicted octanol–water partition coefficient (Wildman–Crippen LogP) is 12.6. The zero-order chi connectivity index (χ0) is 86.1. The second-order valence-corrected chi connectivity index (χ2v) is 29.3. The van der Waals surface area contributed by atoms with Crippen molar-refractivity contribution in [3.05, 3.63) is 276 Å². The van der Waals surface area contributed by atoms with Crippen LogP contribution in [0, 0.1) is 55.2 Å². The molecule has 0 amide bonds. The van der Waals surface area contributed by atoms with Gasteiger partial charge in [0.25, 0.3) is 45.6 Å². The molecule has 20 heteroatoms. The Balaban J connectivity index is 0.000000120. The van der Waals surface area contributed by atoms with Gasteiger partial charge >= 0.3 is 0 Å². The molecule has 0 aliphatic rings. The van der Waals surface area contributed by atoms with Gasteiger partial charge in [-0.15, -0.1) is 0 Å². The summed E-state index contributed by atoms with van der Waals surface area (Å²) in [5, 5.41) is 0. The molecule has 16 heterocycles. The van der Waals surface area contributed by atoms with E-state index in [9.17, 15) is 0 Å². The van der Waals surface area contributed by atoms with Gasteiger partial charge in [0, 0.05) is 161 Å². The summed E-state index contributed by atoms with van der Waals surface area (Å²) in [6, 6.07) is 63.1. The highest BCUT2D eigenvalue weighted by atomic mass is 15.2. The molecule has 112 heavy (non-hydrogen) atoms. The fourth-order valence-electron chi connectivity index (χ4n) is 16.0. The first-order chi connectivity index (χ1) is 57.5. The molecule has 19 aromatic rings. The van der Waals surface area contributed by atoms with E-state index in [2.05, 4.69) is 216 Å². The predicted molar refractivity (Wildman–Crippen MR) is 440 cm³/mol. The molecule has 0 fully saturated rings. The van der Waals surface area contributed by atoms with Crippen LogP contribution in [-0.2, 0) is 84.6 Å². The van der Waals surface area contributed by atoms with Gasteiger partial charge in [0.05, 0.1) is 44.5 Å². The smallest absolute Gasteiger partial charge is 0.277 e. The van der Waals surface area contributed by atoms with Crippen LogP contribution in [0.25, 0.3) is 147 Å². The minimum absolute atomic E-state index is 0.159. The number of fused-ring (bicyclic) bond motifs is 10. The number of aromatic nitrogens is 20. The quantitative estimate of drug-likeness (QED) is 0.141. The molecule has 16 aromatic heterocycles. The van der Waals surface area contributed by atoms with E-state index in [-0.39, 0.29) is 5.69 Å². The summed E-state index contributed by atoms with van der Waals surface area (Å²) in [7, 11) is 24.2. The second-order valence-electron chi connectivity index (χ2n) is 29.3. The lowest BCUT2D eigenvalue weighted by Gasteiger charge is -2.08. The Morgan fingerprint density at radius 3 is 1.26 bits per heavy atom. The number of rotatable bonds is 8. The minimum Gasteiger partial charge on any atom is -0.308 e. The first-order valence-electron chi connectivity index (χ1n) is 41.7. The molecule has 0 atom stereocenters. The normalized spacial score (nSPS) is 13.1. The lowest BCUT2D eigenvalue weighted by atomic mass is 10.1. The Labute approximate surface area is 665 Å². The van der Waals surface area contributed by atoms with Crippen molar-refractivity contribution in [3.8, 4) is 91.1 Å². The molecule has 0 aliphatic carbocycles. The van der Waals surface area contributed by atoms with Crippen LogP contribution >= 0.6 is 0 Å². The van der Waals surface area contributed by atoms with E-state index in [0.29, 0.717) is 22.6 Å². The number of para-hydroxylation sites is 6. The highest BCUT2D eigenvalue weighted by molar-refractivity contribution is 5.83. The van der Waals surface area contributed by atoms with Crippen LogP contribution in [0.15, 0.2) is 231 Å². The molecule has 0 saturated heterocycles. The van der Waals surface area contributed by atoms with Crippen LogP contribution in [0.3, 0.4) is 0 Å². The second kappa shape index (κ2) is 28.6. The molecule has 0 spiro atoms. The summed E-state index contributed by atoms with van der Waals surface area (Å²) in [4.78, 5) is 18.9. The first-order valence-corrected chi connectivity index (χ1v) is 37.2. The maximum absolute atomic E-state index is 7.96. The van der Waals surface area contributed by atoms with E-state index in [1.807, 2.05) is 187 Å². The minimum atomic E-state index is -2.23. The SMILES string of the molecule is Cc1ccc(-c2cccc(-c3cn4c5ccccc5nc4n3C)[n+]2C)[n+](C)c1.[2H]C([2H])([2H])c1cc(-c2cc(C)cc(-c3cn4c5ccccc5nc4n3C)[n+]2C)[n+](C)cc1C.[2H]C([2H])([2H])c1cc[n+](C)c(-c2cccc(-c3cn4c5ccccc5nc4n3C)[n+]2C)c1.[2H]C([2H])([2H])c1nc2n(C)c(-c3cccc(-c4cccc[n+]4C)[n+]3C)c(C)n2c1C. The Kier molecular flexibility index (Phi) is 16.0. The largest absolute Gasteiger partial charge is 0.308 e. The Bertz CT molecular complexity index is 7350. The van der Waals surface area contributed by atoms with Crippen molar-refractivity contribution < 1.29 is 48.9 Å². The van der Waals surface area contributed by atoms with Gasteiger partial charge in [-0.3, -0.25) is 17.6 Å². The molecule has 3 aromatic carbocycles. The van der Waals surface area contributed by atoms with Crippen molar-refractivity contribution in [1.82, 2.24) is 55.8 Å². The molecular weight excluding hydrogens is 1390 g/mol. The van der Waals surface area contributed by atoms with Crippen molar-refractivity contribution in [2.45, 2.75) is 55.2 Å². The molecule has 558 valence electrons. The lowest BCUT2D eigenvalue weighted by molar-refractivity contribution is -0.685. The average molecular weight is 1490 g/mol. The summed E-state index contributed by atoms with van der Waals surface area (Å²) < 4.78 is 104. The third kappa shape index (κ3) is 12.4. The van der Waals surface area contributed by atoms with Gasteiger partial charge in [0.2, 0.25) is 45.9 Å². The van der Waals surface area contributed by atoms with Gasteiger partial charge < -0.3 is 18.3 Å². The number of pyridine rings is 8. The van der Waals surface area contributed by atoms with Crippen LogP contribution in [0.4, 0.5) is 0 Å². The standard InChI is InChI=1S/C25H27N5.2C23H23N5.C21H25N5/c1-16-11-22(21-13-17(2)18(3)14-27(21)4)28(5)23(12-16)24-15-30-20-10-8-7-9-19(20)26-25(30)29(24)6;1-16-12-13-19(25(2)14-16)20-10-7-11-21(26(20)3)22-15-28-18-9-6-5-8-17(18)24-23(28)27(22)4;1-16-12-13-25(2)21(14-16)19-10-7-11-20(26(19)3)22-15-28-18-9-6-5-8-17(18)24-23(28)27(22)4;1-14-15(2)26-16(3)20(25(6)21(26)22-14)19-12-9-11-18(24(19)5)17-10-7-8-13-23(17)4/h7-15H,1-6H3;2*5-15H,1-4H3;7-13H,1-6H3/q4*+2/i2D3;;2*1D3. The number of hydrogen-bond acceptors (Lipinski definition) is 4. The van der Waals surface area contributed by atoms with Gasteiger partial charge in [-0.1, -0.05) is 36.4 Å². The number of imidazole rings is 8. The monoisotopic (exact) mass is 1490 g/mol. The highest BCUT2D eigenvalue weighted by Crippen LogP contribution is 2.32. The molecular formula is C92H98N20+8. The molecule has 0 aliphatic heterocycles. The number of hydrogen-bond donors (Lipinski definition) is 0. The van der Waals surface area contributed by atoms with E-state index >= 15 is 0 Å². The summed E-state index contributed by atoms with van der Waals surface area (Å²) in [5.41, 5.74) is 28.3. The van der Waals surface area contributed by atoms with Crippen molar-refractivity contribution in [2.75, 3.05) is 0 Å². The molecule has 0 radical (unpaired) electrons. The highest BCUT2D eigenvalue weighted by Gasteiger charge is 2.32. The van der Waals surface area contributed by atoms with Gasteiger partial charge in [0.15, 0.2) is 24.8 Å².